The summed E-state index contributed by atoms with van der Waals surface area (Å²) in [4.78, 5) is 24.5. The first kappa shape index (κ1) is 18.8. The van der Waals surface area contributed by atoms with Crippen LogP contribution in [0.25, 0.3) is 0 Å². The third-order valence-electron chi connectivity index (χ3n) is 6.46. The summed E-state index contributed by atoms with van der Waals surface area (Å²) in [6, 6.07) is 6.04. The molecule has 0 N–H and O–H groups in total. The molecule has 0 aliphatic carbocycles. The Morgan fingerprint density at radius 1 is 1.19 bits per heavy atom. The Labute approximate surface area is 162 Å². The van der Waals surface area contributed by atoms with Gasteiger partial charge < -0.3 is 9.64 Å². The standard InChI is InChI=1S/C21H32N4O2/c1-21(2,25-9-11-27-12-10-25)16-24-14-17-6-7-18(24)15-23(13-17)20(26)19-5-3-4-8-22-19/h3-5,8,17-18H,6-7,9-16H2,1-2H3/t17-,18+/m1/s1. The van der Waals surface area contributed by atoms with E-state index in [0.717, 1.165) is 52.5 Å². The number of aromatic nitrogens is 1. The molecule has 0 spiro atoms. The largest absolute Gasteiger partial charge is 0.379 e. The number of piperidine rings is 1. The Balaban J connectivity index is 1.44. The van der Waals surface area contributed by atoms with Crippen molar-refractivity contribution in [2.75, 3.05) is 52.5 Å². The van der Waals surface area contributed by atoms with Gasteiger partial charge in [-0.3, -0.25) is 19.6 Å². The van der Waals surface area contributed by atoms with Gasteiger partial charge in [0.1, 0.15) is 5.69 Å². The van der Waals surface area contributed by atoms with E-state index < -0.39 is 0 Å². The molecule has 148 valence electrons. The average molecular weight is 373 g/mol. The number of amides is 1. The van der Waals surface area contributed by atoms with Crippen molar-refractivity contribution in [2.45, 2.75) is 38.3 Å². The fourth-order valence-electron chi connectivity index (χ4n) is 4.96. The predicted octanol–water partition coefficient (Wildman–Crippen LogP) is 1.73. The first-order chi connectivity index (χ1) is 13.0. The molecule has 5 heterocycles. The van der Waals surface area contributed by atoms with E-state index in [-0.39, 0.29) is 11.4 Å². The van der Waals surface area contributed by atoms with Gasteiger partial charge in [0.15, 0.2) is 0 Å². The number of carbonyl (C=O) groups is 1. The normalized spacial score (nSPS) is 27.6. The van der Waals surface area contributed by atoms with E-state index in [9.17, 15) is 4.79 Å². The monoisotopic (exact) mass is 372 g/mol. The van der Waals surface area contributed by atoms with Crippen LogP contribution in [0.5, 0.6) is 0 Å². The Bertz CT molecular complexity index is 645. The Kier molecular flexibility index (Phi) is 5.48. The molecule has 1 aromatic rings. The Morgan fingerprint density at radius 3 is 2.74 bits per heavy atom. The molecule has 27 heavy (non-hydrogen) atoms. The lowest BCUT2D eigenvalue weighted by molar-refractivity contribution is -0.0309. The molecule has 6 heteroatoms. The number of nitrogens with zero attached hydrogens (tertiary/aromatic N) is 4. The van der Waals surface area contributed by atoms with Gasteiger partial charge >= 0.3 is 0 Å². The average Bonchev–Trinajstić information content (AvgIpc) is 3.00. The van der Waals surface area contributed by atoms with E-state index >= 15 is 0 Å². The maximum absolute atomic E-state index is 12.9. The first-order valence-corrected chi connectivity index (χ1v) is 10.3. The summed E-state index contributed by atoms with van der Waals surface area (Å²) in [6.07, 6.45) is 4.12. The van der Waals surface area contributed by atoms with Crippen LogP contribution in [0.3, 0.4) is 0 Å². The van der Waals surface area contributed by atoms with Gasteiger partial charge in [0, 0.05) is 57.0 Å². The van der Waals surface area contributed by atoms with Crippen molar-refractivity contribution in [3.8, 4) is 0 Å². The second-order valence-electron chi connectivity index (χ2n) is 8.86. The number of fused-ring (bicyclic) bond motifs is 4. The molecule has 0 radical (unpaired) electrons. The summed E-state index contributed by atoms with van der Waals surface area (Å²) >= 11 is 0. The maximum Gasteiger partial charge on any atom is 0.272 e. The number of rotatable bonds is 4. The van der Waals surface area contributed by atoms with Crippen LogP contribution in [0.2, 0.25) is 0 Å². The summed E-state index contributed by atoms with van der Waals surface area (Å²) in [5.74, 6) is 0.652. The molecular weight excluding hydrogens is 340 g/mol. The predicted molar refractivity (Wildman–Crippen MR) is 105 cm³/mol. The van der Waals surface area contributed by atoms with Crippen LogP contribution in [-0.2, 0) is 4.74 Å². The number of morpholine rings is 1. The third kappa shape index (κ3) is 4.18. The van der Waals surface area contributed by atoms with Crippen molar-refractivity contribution in [1.29, 1.82) is 0 Å². The zero-order valence-electron chi connectivity index (χ0n) is 16.6. The molecule has 0 saturated carbocycles. The molecule has 1 aromatic heterocycles. The van der Waals surface area contributed by atoms with Gasteiger partial charge in [-0.1, -0.05) is 6.07 Å². The summed E-state index contributed by atoms with van der Waals surface area (Å²) in [5.41, 5.74) is 0.698. The summed E-state index contributed by atoms with van der Waals surface area (Å²) in [7, 11) is 0. The van der Waals surface area contributed by atoms with Crippen molar-refractivity contribution in [3.05, 3.63) is 30.1 Å². The zero-order valence-corrected chi connectivity index (χ0v) is 16.6. The summed E-state index contributed by atoms with van der Waals surface area (Å²) in [5, 5.41) is 0. The van der Waals surface area contributed by atoms with E-state index in [4.69, 9.17) is 4.74 Å². The van der Waals surface area contributed by atoms with Crippen LogP contribution in [0.1, 0.15) is 37.2 Å². The van der Waals surface area contributed by atoms with Crippen molar-refractivity contribution < 1.29 is 9.53 Å². The fraction of sp³-hybridized carbons (Fsp3) is 0.714. The highest BCUT2D eigenvalue weighted by atomic mass is 16.5. The molecule has 5 rings (SSSR count). The Morgan fingerprint density at radius 2 is 2.00 bits per heavy atom. The Hall–Kier alpha value is -1.50. The highest BCUT2D eigenvalue weighted by molar-refractivity contribution is 5.92. The van der Waals surface area contributed by atoms with E-state index in [0.29, 0.717) is 17.7 Å². The van der Waals surface area contributed by atoms with Gasteiger partial charge in [0.05, 0.1) is 13.2 Å². The molecule has 0 aromatic carbocycles. The van der Waals surface area contributed by atoms with Gasteiger partial charge in [-0.05, 0) is 44.7 Å². The zero-order chi connectivity index (χ0) is 18.9. The lowest BCUT2D eigenvalue weighted by Gasteiger charge is -2.46. The molecule has 4 aliphatic heterocycles. The molecule has 2 atom stereocenters. The van der Waals surface area contributed by atoms with Crippen LogP contribution < -0.4 is 0 Å². The van der Waals surface area contributed by atoms with Gasteiger partial charge in [0.25, 0.3) is 5.91 Å². The second kappa shape index (κ2) is 7.86. The molecule has 6 nitrogen and oxygen atoms in total. The van der Waals surface area contributed by atoms with Crippen molar-refractivity contribution in [2.24, 2.45) is 5.92 Å². The van der Waals surface area contributed by atoms with E-state index in [1.165, 1.54) is 12.8 Å². The lowest BCUT2D eigenvalue weighted by atomic mass is 9.92. The van der Waals surface area contributed by atoms with Crippen molar-refractivity contribution in [3.63, 3.8) is 0 Å². The minimum absolute atomic E-state index is 0.0850. The number of ether oxygens (including phenoxy) is 1. The summed E-state index contributed by atoms with van der Waals surface area (Å²) in [6.45, 7) is 12.2. The fourth-order valence-corrected chi connectivity index (χ4v) is 4.96. The number of hydrogen-bond acceptors (Lipinski definition) is 5. The SMILES string of the molecule is CC(C)(CN1C[C@@H]2CC[C@H]1CN(C(=O)c1ccccn1)C2)N1CCOCC1. The minimum Gasteiger partial charge on any atom is -0.379 e. The minimum atomic E-state index is 0.0850. The third-order valence-corrected chi connectivity index (χ3v) is 6.46. The molecule has 2 bridgehead atoms. The number of carbonyl (C=O) groups excluding carboxylic acids is 1. The second-order valence-corrected chi connectivity index (χ2v) is 8.86. The molecule has 0 unspecified atom stereocenters. The van der Waals surface area contributed by atoms with Crippen LogP contribution in [-0.4, -0.2) is 89.7 Å². The van der Waals surface area contributed by atoms with E-state index in [2.05, 4.69) is 28.6 Å². The van der Waals surface area contributed by atoms with Crippen molar-refractivity contribution in [1.82, 2.24) is 19.7 Å². The summed E-state index contributed by atoms with van der Waals surface area (Å²) < 4.78 is 5.53. The topological polar surface area (TPSA) is 48.9 Å². The number of pyridine rings is 1. The molecule has 4 aliphatic rings. The van der Waals surface area contributed by atoms with Crippen molar-refractivity contribution >= 4 is 5.91 Å². The maximum atomic E-state index is 12.9. The molecule has 1 amide bonds. The van der Waals surface area contributed by atoms with E-state index in [1.807, 2.05) is 23.1 Å². The van der Waals surface area contributed by atoms with E-state index in [1.54, 1.807) is 6.20 Å². The van der Waals surface area contributed by atoms with Crippen LogP contribution >= 0.6 is 0 Å². The van der Waals surface area contributed by atoms with Crippen LogP contribution in [0.15, 0.2) is 24.4 Å². The highest BCUT2D eigenvalue weighted by Gasteiger charge is 2.40. The highest BCUT2D eigenvalue weighted by Crippen LogP contribution is 2.31. The molecular formula is C21H32N4O2. The quantitative estimate of drug-likeness (QED) is 0.806. The van der Waals surface area contributed by atoms with Crippen LogP contribution in [0.4, 0.5) is 0 Å². The van der Waals surface area contributed by atoms with Gasteiger partial charge in [-0.15, -0.1) is 0 Å². The molecule has 4 saturated heterocycles. The first-order valence-electron chi connectivity index (χ1n) is 10.3. The van der Waals surface area contributed by atoms with Gasteiger partial charge in [-0.25, -0.2) is 0 Å². The molecule has 4 fully saturated rings. The van der Waals surface area contributed by atoms with Gasteiger partial charge in [-0.2, -0.15) is 0 Å². The smallest absolute Gasteiger partial charge is 0.272 e. The van der Waals surface area contributed by atoms with Crippen LogP contribution in [0, 0.1) is 5.92 Å². The lowest BCUT2D eigenvalue weighted by Crippen LogP contribution is -2.58. The number of hydrogen-bond donors (Lipinski definition) is 0. The van der Waals surface area contributed by atoms with Gasteiger partial charge in [0.2, 0.25) is 0 Å².